The minimum Gasteiger partial charge on any atom is -0.381 e. The maximum absolute atomic E-state index is 5.88. The van der Waals surface area contributed by atoms with Crippen LogP contribution in [-0.4, -0.2) is 13.2 Å². The van der Waals surface area contributed by atoms with Crippen molar-refractivity contribution in [1.82, 2.24) is 0 Å². The van der Waals surface area contributed by atoms with Crippen LogP contribution >= 0.6 is 23.2 Å². The summed E-state index contributed by atoms with van der Waals surface area (Å²) in [5, 5.41) is 4.30. The topological polar surface area (TPSA) is 47.3 Å². The number of anilines is 1. The molecule has 0 atom stereocenters. The summed E-state index contributed by atoms with van der Waals surface area (Å²) >= 11 is 11.7. The fourth-order valence-corrected chi connectivity index (χ4v) is 1.23. The molecule has 0 heterocycles. The number of rotatable bonds is 4. The predicted molar refractivity (Wildman–Crippen MR) is 55.1 cm³/mol. The van der Waals surface area contributed by atoms with Crippen LogP contribution in [0.1, 0.15) is 0 Å². The molecule has 0 bridgehead atoms. The van der Waals surface area contributed by atoms with Crippen molar-refractivity contribution in [2.75, 3.05) is 18.5 Å². The van der Waals surface area contributed by atoms with E-state index in [1.54, 1.807) is 18.2 Å². The zero-order valence-electron chi connectivity index (χ0n) is 6.89. The van der Waals surface area contributed by atoms with Crippen molar-refractivity contribution >= 4 is 28.9 Å². The molecule has 13 heavy (non-hydrogen) atoms. The molecule has 0 fully saturated rings. The molecule has 0 aromatic heterocycles. The van der Waals surface area contributed by atoms with E-state index in [1.807, 2.05) is 0 Å². The Bertz CT molecular complexity index is 281. The predicted octanol–water partition coefficient (Wildman–Crippen LogP) is 2.30. The van der Waals surface area contributed by atoms with Gasteiger partial charge in [0.05, 0.1) is 17.3 Å². The fraction of sp³-hybridized carbons (Fsp3) is 0.250. The van der Waals surface area contributed by atoms with Gasteiger partial charge in [0.2, 0.25) is 0 Å². The number of nitrogens with two attached hydrogens (primary N) is 1. The number of benzene rings is 1. The molecule has 5 heteroatoms. The van der Waals surface area contributed by atoms with Gasteiger partial charge in [-0.25, -0.2) is 5.90 Å². The molecule has 1 aromatic carbocycles. The average molecular weight is 221 g/mol. The van der Waals surface area contributed by atoms with E-state index in [0.29, 0.717) is 23.2 Å². The zero-order chi connectivity index (χ0) is 9.68. The normalized spacial score (nSPS) is 10.1. The van der Waals surface area contributed by atoms with Crippen LogP contribution < -0.4 is 11.2 Å². The molecule has 0 radical (unpaired) electrons. The number of nitrogens with one attached hydrogen (secondary N) is 1. The SMILES string of the molecule is NOCCNc1cc(Cl)ccc1Cl. The highest BCUT2D eigenvalue weighted by atomic mass is 35.5. The molecule has 72 valence electrons. The molecule has 0 aliphatic rings. The molecular formula is C8H10Cl2N2O. The van der Waals surface area contributed by atoms with Crippen LogP contribution in [0.4, 0.5) is 5.69 Å². The summed E-state index contributed by atoms with van der Waals surface area (Å²) in [6.07, 6.45) is 0. The molecular weight excluding hydrogens is 211 g/mol. The molecule has 0 aliphatic carbocycles. The Balaban J connectivity index is 2.59. The van der Waals surface area contributed by atoms with Crippen LogP contribution in [0.15, 0.2) is 18.2 Å². The minimum absolute atomic E-state index is 0.419. The molecule has 0 amide bonds. The lowest BCUT2D eigenvalue weighted by Gasteiger charge is -2.07. The minimum atomic E-state index is 0.419. The molecule has 0 saturated carbocycles. The maximum atomic E-state index is 5.88. The Labute approximate surface area is 86.7 Å². The van der Waals surface area contributed by atoms with E-state index in [1.165, 1.54) is 0 Å². The maximum Gasteiger partial charge on any atom is 0.0851 e. The van der Waals surface area contributed by atoms with Gasteiger partial charge >= 0.3 is 0 Å². The summed E-state index contributed by atoms with van der Waals surface area (Å²) in [5.41, 5.74) is 0.784. The van der Waals surface area contributed by atoms with Crippen LogP contribution in [0.25, 0.3) is 0 Å². The Morgan fingerprint density at radius 1 is 1.38 bits per heavy atom. The lowest BCUT2D eigenvalue weighted by molar-refractivity contribution is 0.148. The van der Waals surface area contributed by atoms with E-state index in [0.717, 1.165) is 5.69 Å². The third-order valence-corrected chi connectivity index (χ3v) is 2.03. The van der Waals surface area contributed by atoms with Crippen LogP contribution in [0, 0.1) is 0 Å². The Morgan fingerprint density at radius 2 is 2.15 bits per heavy atom. The van der Waals surface area contributed by atoms with Crippen LogP contribution in [0.3, 0.4) is 0 Å². The van der Waals surface area contributed by atoms with Crippen LogP contribution in [0.5, 0.6) is 0 Å². The first-order valence-electron chi connectivity index (χ1n) is 3.74. The molecule has 0 aliphatic heterocycles. The van der Waals surface area contributed by atoms with Crippen molar-refractivity contribution in [3.8, 4) is 0 Å². The quantitative estimate of drug-likeness (QED) is 0.605. The van der Waals surface area contributed by atoms with Gasteiger partial charge in [0.15, 0.2) is 0 Å². The molecule has 1 rings (SSSR count). The molecule has 3 nitrogen and oxygen atoms in total. The fourth-order valence-electron chi connectivity index (χ4n) is 0.878. The summed E-state index contributed by atoms with van der Waals surface area (Å²) < 4.78 is 0. The Morgan fingerprint density at radius 3 is 2.85 bits per heavy atom. The summed E-state index contributed by atoms with van der Waals surface area (Å²) in [6, 6.07) is 5.21. The second-order valence-corrected chi connectivity index (χ2v) is 3.27. The first kappa shape index (κ1) is 10.6. The van der Waals surface area contributed by atoms with Gasteiger partial charge < -0.3 is 10.2 Å². The number of hydrogen-bond donors (Lipinski definition) is 2. The molecule has 3 N–H and O–H groups in total. The van der Waals surface area contributed by atoms with Gasteiger partial charge in [0.1, 0.15) is 0 Å². The van der Waals surface area contributed by atoms with Crippen molar-refractivity contribution in [2.24, 2.45) is 5.90 Å². The Hall–Kier alpha value is -0.480. The summed E-state index contributed by atoms with van der Waals surface area (Å²) in [6.45, 7) is 1.01. The molecule has 1 aromatic rings. The highest BCUT2D eigenvalue weighted by molar-refractivity contribution is 6.35. The number of halogens is 2. The average Bonchev–Trinajstić information content (AvgIpc) is 2.11. The second-order valence-electron chi connectivity index (χ2n) is 2.42. The van der Waals surface area contributed by atoms with E-state index in [-0.39, 0.29) is 0 Å². The van der Waals surface area contributed by atoms with Gasteiger partial charge in [-0.1, -0.05) is 23.2 Å². The summed E-state index contributed by atoms with van der Waals surface area (Å²) in [7, 11) is 0. The van der Waals surface area contributed by atoms with Gasteiger partial charge in [-0.05, 0) is 18.2 Å². The van der Waals surface area contributed by atoms with E-state index < -0.39 is 0 Å². The smallest absolute Gasteiger partial charge is 0.0851 e. The summed E-state index contributed by atoms with van der Waals surface area (Å²) in [4.78, 5) is 4.40. The molecule has 0 unspecified atom stereocenters. The van der Waals surface area contributed by atoms with Crippen molar-refractivity contribution in [3.05, 3.63) is 28.2 Å². The highest BCUT2D eigenvalue weighted by Crippen LogP contribution is 2.24. The zero-order valence-corrected chi connectivity index (χ0v) is 8.40. The third-order valence-electron chi connectivity index (χ3n) is 1.46. The highest BCUT2D eigenvalue weighted by Gasteiger charge is 1.99. The lowest BCUT2D eigenvalue weighted by atomic mass is 10.3. The summed E-state index contributed by atoms with van der Waals surface area (Å²) in [5.74, 6) is 4.86. The molecule has 0 saturated heterocycles. The monoisotopic (exact) mass is 220 g/mol. The van der Waals surface area contributed by atoms with Gasteiger partial charge in [-0.3, -0.25) is 0 Å². The van der Waals surface area contributed by atoms with E-state index in [2.05, 4.69) is 10.2 Å². The first-order valence-corrected chi connectivity index (χ1v) is 4.50. The second kappa shape index (κ2) is 5.29. The standard InChI is InChI=1S/C8H10Cl2N2O/c9-6-1-2-7(10)8(5-6)12-3-4-13-11/h1-2,5,12H,3-4,11H2. The molecule has 0 spiro atoms. The van der Waals surface area contributed by atoms with Gasteiger partial charge in [0.25, 0.3) is 0 Å². The number of hydrogen-bond acceptors (Lipinski definition) is 3. The van der Waals surface area contributed by atoms with Crippen LogP contribution in [0.2, 0.25) is 10.0 Å². The van der Waals surface area contributed by atoms with Crippen molar-refractivity contribution < 1.29 is 4.84 Å². The lowest BCUT2D eigenvalue weighted by Crippen LogP contribution is -2.12. The van der Waals surface area contributed by atoms with E-state index in [9.17, 15) is 0 Å². The van der Waals surface area contributed by atoms with Gasteiger partial charge in [-0.2, -0.15) is 0 Å². The largest absolute Gasteiger partial charge is 0.381 e. The van der Waals surface area contributed by atoms with Crippen molar-refractivity contribution in [1.29, 1.82) is 0 Å². The van der Waals surface area contributed by atoms with Crippen LogP contribution in [-0.2, 0) is 4.84 Å². The van der Waals surface area contributed by atoms with E-state index in [4.69, 9.17) is 29.1 Å². The van der Waals surface area contributed by atoms with E-state index >= 15 is 0 Å². The van der Waals surface area contributed by atoms with Crippen molar-refractivity contribution in [2.45, 2.75) is 0 Å². The van der Waals surface area contributed by atoms with Gasteiger partial charge in [0, 0.05) is 11.6 Å². The Kier molecular flexibility index (Phi) is 4.32. The first-order chi connectivity index (χ1) is 6.24. The van der Waals surface area contributed by atoms with Gasteiger partial charge in [-0.15, -0.1) is 0 Å². The third kappa shape index (κ3) is 3.40. The van der Waals surface area contributed by atoms with Crippen molar-refractivity contribution in [3.63, 3.8) is 0 Å².